The fourth-order valence-corrected chi connectivity index (χ4v) is 6.80. The van der Waals surface area contributed by atoms with Gasteiger partial charge in [-0.25, -0.2) is 4.39 Å². The van der Waals surface area contributed by atoms with Crippen molar-refractivity contribution in [3.8, 4) is 33.6 Å². The molecule has 0 N–H and O–H groups in total. The van der Waals surface area contributed by atoms with Crippen molar-refractivity contribution < 1.29 is 30.3 Å². The van der Waals surface area contributed by atoms with E-state index in [1.54, 1.807) is 12.1 Å². The van der Waals surface area contributed by atoms with Crippen LogP contribution in [-0.4, -0.2) is 18.8 Å². The van der Waals surface area contributed by atoms with Gasteiger partial charge in [-0.15, -0.1) is 59.7 Å². The van der Waals surface area contributed by atoms with Crippen LogP contribution in [0.5, 0.6) is 0 Å². The van der Waals surface area contributed by atoms with Crippen LogP contribution in [0.4, 0.5) is 4.39 Å². The van der Waals surface area contributed by atoms with Gasteiger partial charge in [0, 0.05) is 39.3 Å². The molecule has 7 aromatic rings. The molecule has 0 aliphatic carbocycles. The average molecular weight is 827 g/mol. The molecule has 3 heterocycles. The summed E-state index contributed by atoms with van der Waals surface area (Å²) >= 11 is 0. The van der Waals surface area contributed by atoms with Crippen LogP contribution in [-0.2, 0) is 20.1 Å². The van der Waals surface area contributed by atoms with E-state index in [9.17, 15) is 4.39 Å². The maximum Gasteiger partial charge on any atom is 0.123 e. The first-order valence-electron chi connectivity index (χ1n) is 16.4. The quantitative estimate of drug-likeness (QED) is 0.124. The number of benzene rings is 4. The summed E-state index contributed by atoms with van der Waals surface area (Å²) in [5.41, 5.74) is 9.68. The van der Waals surface area contributed by atoms with Gasteiger partial charge >= 0.3 is 0 Å². The van der Waals surface area contributed by atoms with E-state index in [-0.39, 0.29) is 25.9 Å². The molecule has 0 saturated heterocycles. The number of rotatable bonds is 6. The zero-order chi connectivity index (χ0) is 34.0. The van der Waals surface area contributed by atoms with Crippen LogP contribution < -0.4 is 5.19 Å². The summed E-state index contributed by atoms with van der Waals surface area (Å²) in [5.74, 6) is -0.391. The van der Waals surface area contributed by atoms with Crippen molar-refractivity contribution in [1.29, 1.82) is 0 Å². The van der Waals surface area contributed by atoms with Crippen molar-refractivity contribution in [2.75, 3.05) is 0 Å². The van der Waals surface area contributed by atoms with Crippen LogP contribution in [0.1, 0.15) is 52.0 Å². The molecule has 2 radical (unpaired) electrons. The first kappa shape index (κ1) is 33.7. The minimum atomic E-state index is -0.615. The van der Waals surface area contributed by atoms with Gasteiger partial charge in [-0.2, -0.15) is 0 Å². The van der Waals surface area contributed by atoms with E-state index < -0.39 is 14.7 Å². The second kappa shape index (κ2) is 15.3. The Morgan fingerprint density at radius 2 is 1.50 bits per heavy atom. The van der Waals surface area contributed by atoms with Gasteiger partial charge in [-0.1, -0.05) is 87.6 Å². The Morgan fingerprint density at radius 3 is 2.19 bits per heavy atom. The molecule has 4 aromatic carbocycles. The molecule has 0 amide bonds. The van der Waals surface area contributed by atoms with E-state index >= 15 is 0 Å². The van der Waals surface area contributed by atoms with Crippen LogP contribution in [0, 0.1) is 17.9 Å². The summed E-state index contributed by atoms with van der Waals surface area (Å²) < 4.78 is 27.6. The Morgan fingerprint density at radius 1 is 0.771 bits per heavy atom. The monoisotopic (exact) mass is 827 g/mol. The zero-order valence-electron chi connectivity index (χ0n) is 29.0. The van der Waals surface area contributed by atoms with E-state index in [0.29, 0.717) is 5.92 Å². The van der Waals surface area contributed by atoms with Gasteiger partial charge in [0.1, 0.15) is 11.4 Å². The average Bonchev–Trinajstić information content (AvgIpc) is 3.46. The Kier molecular flexibility index (Phi) is 10.8. The predicted molar refractivity (Wildman–Crippen MR) is 195 cm³/mol. The Bertz CT molecular complexity index is 2190. The topological polar surface area (TPSA) is 38.9 Å². The van der Waals surface area contributed by atoms with E-state index in [1.807, 2.05) is 68.7 Å². The van der Waals surface area contributed by atoms with Crippen molar-refractivity contribution in [2.24, 2.45) is 0 Å². The van der Waals surface area contributed by atoms with Gasteiger partial charge in [-0.05, 0) is 69.8 Å². The molecule has 0 unspecified atom stereocenters. The van der Waals surface area contributed by atoms with Gasteiger partial charge in [0.15, 0.2) is 0 Å². The molecule has 6 heteroatoms. The number of fused-ring (bicyclic) bond motifs is 3. The molecule has 7 rings (SSSR count). The molecule has 48 heavy (non-hydrogen) atoms. The van der Waals surface area contributed by atoms with Crippen LogP contribution in [0.25, 0.3) is 55.6 Å². The van der Waals surface area contributed by atoms with Gasteiger partial charge in [0.2, 0.25) is 0 Å². The second-order valence-electron chi connectivity index (χ2n) is 12.5. The summed E-state index contributed by atoms with van der Waals surface area (Å²) in [4.78, 5) is 9.09. The molecule has 0 fully saturated rings. The fourth-order valence-electron chi connectivity index (χ4n) is 5.61. The molecule has 0 atom stereocenters. The van der Waals surface area contributed by atoms with E-state index in [2.05, 4.69) is 79.4 Å². The molecule has 0 bridgehead atoms. The van der Waals surface area contributed by atoms with E-state index in [1.165, 1.54) is 22.9 Å². The number of pyridine rings is 2. The Hall–Kier alpha value is -4.22. The summed E-state index contributed by atoms with van der Waals surface area (Å²) in [6, 6.07) is 37.1. The summed E-state index contributed by atoms with van der Waals surface area (Å²) in [5, 5.41) is 3.30. The predicted octanol–water partition coefficient (Wildman–Crippen LogP) is 11.0. The minimum Gasteiger partial charge on any atom is -0.500 e. The SMILES string of the molecule is CC(C)c1ccnc(-c2[c-]cc3oc4ccc(-c5ccc(F)cc5)cc4c3c2)c1.[2H]C(C)(C)c1cc(-c2[c-]cccc2)ncc1[Si](C)C.[Ir]. The maximum absolute atomic E-state index is 13.3. The van der Waals surface area contributed by atoms with Crippen LogP contribution in [0.2, 0.25) is 13.1 Å². The number of hydrogen-bond acceptors (Lipinski definition) is 3. The van der Waals surface area contributed by atoms with Crippen molar-refractivity contribution in [3.05, 3.63) is 139 Å². The summed E-state index contributed by atoms with van der Waals surface area (Å²) in [6.45, 7) is 12.7. The molecular weight excluding hydrogens is 788 g/mol. The summed E-state index contributed by atoms with van der Waals surface area (Å²) in [6.07, 6.45) is 3.80. The molecule has 0 aliphatic rings. The fraction of sp³-hybridized carbons (Fsp3) is 0.190. The minimum absolute atomic E-state index is 0. The number of aromatic nitrogens is 2. The number of nitrogens with zero attached hydrogens (tertiary/aromatic N) is 2. The number of hydrogen-bond donors (Lipinski definition) is 0. The molecule has 0 aliphatic heterocycles. The van der Waals surface area contributed by atoms with Crippen molar-refractivity contribution in [2.45, 2.75) is 52.6 Å². The van der Waals surface area contributed by atoms with Gasteiger partial charge in [-0.3, -0.25) is 0 Å². The normalized spacial score (nSPS) is 11.7. The summed E-state index contributed by atoms with van der Waals surface area (Å²) in [7, 11) is -0.615. The third kappa shape index (κ3) is 7.73. The first-order valence-corrected chi connectivity index (χ1v) is 18.4. The molecule has 244 valence electrons. The van der Waals surface area contributed by atoms with Gasteiger partial charge in [0.25, 0.3) is 0 Å². The first-order chi connectivity index (χ1) is 23.0. The molecule has 3 nitrogen and oxygen atoms in total. The van der Waals surface area contributed by atoms with E-state index in [0.717, 1.165) is 61.1 Å². The van der Waals surface area contributed by atoms with Crippen molar-refractivity contribution in [3.63, 3.8) is 0 Å². The number of halogens is 1. The second-order valence-corrected chi connectivity index (χ2v) is 15.0. The van der Waals surface area contributed by atoms with E-state index in [4.69, 9.17) is 5.79 Å². The van der Waals surface area contributed by atoms with Crippen molar-refractivity contribution in [1.82, 2.24) is 9.97 Å². The largest absolute Gasteiger partial charge is 0.500 e. The van der Waals surface area contributed by atoms with Crippen molar-refractivity contribution >= 4 is 35.9 Å². The molecule has 0 spiro atoms. The van der Waals surface area contributed by atoms with Gasteiger partial charge < -0.3 is 14.4 Å². The molecule has 3 aromatic heterocycles. The molecular formula is C42H38FIrN2OSi-2. The maximum atomic E-state index is 13.3. The smallest absolute Gasteiger partial charge is 0.123 e. The third-order valence-electron chi connectivity index (χ3n) is 8.27. The number of furan rings is 1. The van der Waals surface area contributed by atoms with Crippen LogP contribution in [0.3, 0.4) is 0 Å². The van der Waals surface area contributed by atoms with Gasteiger partial charge in [0.05, 0.1) is 14.4 Å². The standard InChI is InChI=1S/C26H19FNO.C16H19NSi.Ir/c1-16(2)18-11-12-28-24(15-18)20-6-10-26-23(14-20)22-13-19(5-9-25(22)29-26)17-3-7-21(27)8-4-17;1-12(2)14-10-15(13-8-6-5-7-9-13)17-11-16(14)18(3)4;/h3-5,7-16H,1-2H3;5-8,10-12H,1-4H3;/q2*-1;/i;12D;. The Balaban J connectivity index is 0.000000205. The Labute approximate surface area is 299 Å². The van der Waals surface area contributed by atoms with Crippen LogP contribution in [0.15, 0.2) is 114 Å². The third-order valence-corrected chi connectivity index (χ3v) is 9.75. The van der Waals surface area contributed by atoms with Crippen LogP contribution >= 0.6 is 0 Å². The molecule has 0 saturated carbocycles. The zero-order valence-corrected chi connectivity index (χ0v) is 31.4.